The van der Waals surface area contributed by atoms with E-state index in [2.05, 4.69) is 25.8 Å². The Hall–Kier alpha value is -0.960. The molecule has 2 rings (SSSR count). The average Bonchev–Trinajstić information content (AvgIpc) is 2.37. The topological polar surface area (TPSA) is 51.8 Å². The molecule has 1 saturated carbocycles. The molecule has 112 valence electrons. The van der Waals surface area contributed by atoms with E-state index in [1.54, 1.807) is 0 Å². The van der Waals surface area contributed by atoms with Gasteiger partial charge in [0.2, 0.25) is 0 Å². The molecular weight excluding hydrogens is 246 g/mol. The highest BCUT2D eigenvalue weighted by Gasteiger charge is 2.31. The van der Waals surface area contributed by atoms with Gasteiger partial charge < -0.3 is 5.73 Å². The molecular formula is C17H29N3. The van der Waals surface area contributed by atoms with E-state index in [9.17, 15) is 0 Å². The molecule has 0 bridgehead atoms. The Kier molecular flexibility index (Phi) is 4.48. The Labute approximate surface area is 123 Å². The van der Waals surface area contributed by atoms with Crippen molar-refractivity contribution in [3.05, 3.63) is 23.3 Å². The molecule has 1 fully saturated rings. The third-order valence-electron chi connectivity index (χ3n) is 4.84. The second kappa shape index (κ2) is 5.80. The largest absolute Gasteiger partial charge is 0.324 e. The van der Waals surface area contributed by atoms with E-state index in [4.69, 9.17) is 10.7 Å². The molecule has 0 spiro atoms. The van der Waals surface area contributed by atoms with E-state index in [-0.39, 0.29) is 6.04 Å². The van der Waals surface area contributed by atoms with Crippen LogP contribution in [0.15, 0.2) is 6.20 Å². The Balaban J connectivity index is 2.06. The van der Waals surface area contributed by atoms with E-state index < -0.39 is 0 Å². The highest BCUT2D eigenvalue weighted by atomic mass is 14.9. The van der Waals surface area contributed by atoms with Crippen molar-refractivity contribution in [1.82, 2.24) is 9.97 Å². The van der Waals surface area contributed by atoms with Crippen LogP contribution in [0.5, 0.6) is 0 Å². The summed E-state index contributed by atoms with van der Waals surface area (Å²) in [6, 6.07) is 0.0145. The first-order chi connectivity index (χ1) is 9.29. The van der Waals surface area contributed by atoms with Crippen molar-refractivity contribution in [3.63, 3.8) is 0 Å². The fourth-order valence-electron chi connectivity index (χ4n) is 3.36. The van der Waals surface area contributed by atoms with Crippen molar-refractivity contribution >= 4 is 0 Å². The summed E-state index contributed by atoms with van der Waals surface area (Å²) in [5.41, 5.74) is 8.47. The molecule has 3 nitrogen and oxygen atoms in total. The molecule has 1 atom stereocenters. The van der Waals surface area contributed by atoms with Gasteiger partial charge in [0.1, 0.15) is 5.82 Å². The summed E-state index contributed by atoms with van der Waals surface area (Å²) in [7, 11) is 0. The molecule has 2 N–H and O–H groups in total. The van der Waals surface area contributed by atoms with Gasteiger partial charge in [-0.25, -0.2) is 9.97 Å². The Bertz CT molecular complexity index is 452. The molecule has 1 aliphatic rings. The van der Waals surface area contributed by atoms with Crippen molar-refractivity contribution in [2.75, 3.05) is 0 Å². The normalized spacial score (nSPS) is 25.5. The highest BCUT2D eigenvalue weighted by Crippen LogP contribution is 2.42. The minimum atomic E-state index is 0.0145. The second-order valence-corrected chi connectivity index (χ2v) is 7.47. The third kappa shape index (κ3) is 3.38. The number of hydrogen-bond donors (Lipinski definition) is 1. The lowest BCUT2D eigenvalue weighted by molar-refractivity contribution is 0.167. The maximum atomic E-state index is 5.93. The molecule has 1 aromatic rings. The zero-order valence-electron chi connectivity index (χ0n) is 13.6. The van der Waals surface area contributed by atoms with Crippen LogP contribution < -0.4 is 5.73 Å². The van der Waals surface area contributed by atoms with Crippen molar-refractivity contribution in [2.24, 2.45) is 17.1 Å². The maximum absolute atomic E-state index is 5.93. The van der Waals surface area contributed by atoms with Gasteiger partial charge in [-0.1, -0.05) is 20.8 Å². The molecule has 0 unspecified atom stereocenters. The molecule has 3 heteroatoms. The average molecular weight is 275 g/mol. The van der Waals surface area contributed by atoms with Crippen LogP contribution in [0, 0.1) is 18.3 Å². The summed E-state index contributed by atoms with van der Waals surface area (Å²) in [4.78, 5) is 9.29. The predicted molar refractivity (Wildman–Crippen MR) is 83.5 cm³/mol. The van der Waals surface area contributed by atoms with Gasteiger partial charge in [0, 0.05) is 29.4 Å². The lowest BCUT2D eigenvalue weighted by Gasteiger charge is -2.36. The lowest BCUT2D eigenvalue weighted by atomic mass is 9.69. The first kappa shape index (κ1) is 15.4. The maximum Gasteiger partial charge on any atom is 0.131 e. The van der Waals surface area contributed by atoms with Crippen LogP contribution in [0.25, 0.3) is 0 Å². The number of hydrogen-bond acceptors (Lipinski definition) is 3. The van der Waals surface area contributed by atoms with E-state index >= 15 is 0 Å². The van der Waals surface area contributed by atoms with Crippen LogP contribution in [0.1, 0.15) is 82.4 Å². The van der Waals surface area contributed by atoms with Crippen LogP contribution in [0.4, 0.5) is 0 Å². The fourth-order valence-corrected chi connectivity index (χ4v) is 3.36. The van der Waals surface area contributed by atoms with Crippen LogP contribution in [-0.4, -0.2) is 9.97 Å². The number of aryl methyl sites for hydroxylation is 1. The van der Waals surface area contributed by atoms with Crippen molar-refractivity contribution in [2.45, 2.75) is 72.3 Å². The Morgan fingerprint density at radius 2 is 1.80 bits per heavy atom. The number of aromatic nitrogens is 2. The number of nitrogens with two attached hydrogens (primary N) is 1. The Morgan fingerprint density at radius 3 is 2.25 bits per heavy atom. The zero-order valence-corrected chi connectivity index (χ0v) is 13.6. The number of rotatable bonds is 2. The van der Waals surface area contributed by atoms with Crippen molar-refractivity contribution in [3.8, 4) is 0 Å². The summed E-state index contributed by atoms with van der Waals surface area (Å²) in [5.74, 6) is 2.40. The summed E-state index contributed by atoms with van der Waals surface area (Å²) < 4.78 is 0. The van der Waals surface area contributed by atoms with Gasteiger partial charge in [-0.3, -0.25) is 0 Å². The summed E-state index contributed by atoms with van der Waals surface area (Å²) in [6.45, 7) is 11.1. The van der Waals surface area contributed by atoms with Gasteiger partial charge in [0.05, 0.1) is 0 Å². The zero-order chi connectivity index (χ0) is 14.9. The first-order valence-electron chi connectivity index (χ1n) is 7.88. The van der Waals surface area contributed by atoms with Crippen LogP contribution >= 0.6 is 0 Å². The van der Waals surface area contributed by atoms with E-state index in [1.165, 1.54) is 25.7 Å². The summed E-state index contributed by atoms with van der Waals surface area (Å²) >= 11 is 0. The minimum absolute atomic E-state index is 0.0145. The van der Waals surface area contributed by atoms with Crippen molar-refractivity contribution < 1.29 is 0 Å². The van der Waals surface area contributed by atoms with Crippen molar-refractivity contribution in [1.29, 1.82) is 0 Å². The Morgan fingerprint density at radius 1 is 1.20 bits per heavy atom. The molecule has 1 aliphatic carbocycles. The molecule has 0 aliphatic heterocycles. The monoisotopic (exact) mass is 275 g/mol. The quantitative estimate of drug-likeness (QED) is 0.883. The third-order valence-corrected chi connectivity index (χ3v) is 4.84. The fraction of sp³-hybridized carbons (Fsp3) is 0.765. The van der Waals surface area contributed by atoms with E-state index in [0.717, 1.165) is 23.0 Å². The van der Waals surface area contributed by atoms with Crippen LogP contribution in [0.3, 0.4) is 0 Å². The first-order valence-corrected chi connectivity index (χ1v) is 7.88. The van der Waals surface area contributed by atoms with Crippen LogP contribution in [0.2, 0.25) is 0 Å². The SMILES string of the molecule is Cc1nc(C2CCC(C(C)(C)C)CC2)ncc1[C@@H](C)N. The van der Waals surface area contributed by atoms with E-state index in [0.29, 0.717) is 11.3 Å². The number of nitrogens with zero attached hydrogens (tertiary/aromatic N) is 2. The van der Waals surface area contributed by atoms with Crippen LogP contribution in [-0.2, 0) is 0 Å². The standard InChI is InChI=1S/C17H29N3/c1-11(18)15-10-19-16(20-12(15)2)13-6-8-14(9-7-13)17(3,4)5/h10-11,13-14H,6-9,18H2,1-5H3/t11-,13?,14?/m1/s1. The second-order valence-electron chi connectivity index (χ2n) is 7.47. The minimum Gasteiger partial charge on any atom is -0.324 e. The molecule has 0 amide bonds. The summed E-state index contributed by atoms with van der Waals surface area (Å²) in [6.07, 6.45) is 6.97. The van der Waals surface area contributed by atoms with Gasteiger partial charge >= 0.3 is 0 Å². The molecule has 0 saturated heterocycles. The molecule has 1 heterocycles. The smallest absolute Gasteiger partial charge is 0.131 e. The van der Waals surface area contributed by atoms with Gasteiger partial charge in [0.25, 0.3) is 0 Å². The van der Waals surface area contributed by atoms with Gasteiger partial charge in [-0.15, -0.1) is 0 Å². The van der Waals surface area contributed by atoms with Gasteiger partial charge in [0.15, 0.2) is 0 Å². The summed E-state index contributed by atoms with van der Waals surface area (Å²) in [5, 5.41) is 0. The van der Waals surface area contributed by atoms with E-state index in [1.807, 2.05) is 20.0 Å². The molecule has 1 aromatic heterocycles. The predicted octanol–water partition coefficient (Wildman–Crippen LogP) is 4.12. The molecule has 0 radical (unpaired) electrons. The molecule has 20 heavy (non-hydrogen) atoms. The van der Waals surface area contributed by atoms with Gasteiger partial charge in [-0.2, -0.15) is 0 Å². The highest BCUT2D eigenvalue weighted by molar-refractivity contribution is 5.20. The lowest BCUT2D eigenvalue weighted by Crippen LogP contribution is -2.26. The van der Waals surface area contributed by atoms with Gasteiger partial charge in [-0.05, 0) is 50.9 Å². The molecule has 0 aromatic carbocycles.